The van der Waals surface area contributed by atoms with Crippen molar-refractivity contribution in [1.82, 2.24) is 10.1 Å². The topological polar surface area (TPSA) is 92.9 Å². The fourth-order valence-electron chi connectivity index (χ4n) is 2.66. The lowest BCUT2D eigenvalue weighted by Gasteiger charge is -2.34. The first-order chi connectivity index (χ1) is 10.6. The van der Waals surface area contributed by atoms with Crippen LogP contribution in [0, 0.1) is 0 Å². The molecule has 0 bridgehead atoms. The quantitative estimate of drug-likeness (QED) is 0.908. The van der Waals surface area contributed by atoms with Gasteiger partial charge in [-0.3, -0.25) is 9.59 Å². The number of morpholine rings is 1. The van der Waals surface area contributed by atoms with E-state index in [1.54, 1.807) is 11.0 Å². The molecule has 1 aliphatic heterocycles. The number of carbonyl (C=O) groups is 2. The Labute approximate surface area is 126 Å². The molecule has 0 radical (unpaired) electrons. The van der Waals surface area contributed by atoms with E-state index >= 15 is 0 Å². The van der Waals surface area contributed by atoms with Gasteiger partial charge in [0.1, 0.15) is 5.69 Å². The molecule has 116 valence electrons. The summed E-state index contributed by atoms with van der Waals surface area (Å²) in [4.78, 5) is 25.0. The van der Waals surface area contributed by atoms with Crippen molar-refractivity contribution in [3.8, 4) is 0 Å². The average molecular weight is 304 g/mol. The van der Waals surface area contributed by atoms with Crippen LogP contribution in [0.15, 0.2) is 28.8 Å². The van der Waals surface area contributed by atoms with Crippen molar-refractivity contribution in [2.24, 2.45) is 0 Å². The fourth-order valence-corrected chi connectivity index (χ4v) is 2.66. The van der Waals surface area contributed by atoms with Crippen LogP contribution in [0.2, 0.25) is 0 Å². The van der Waals surface area contributed by atoms with Gasteiger partial charge in [-0.1, -0.05) is 17.3 Å². The number of rotatable bonds is 4. The summed E-state index contributed by atoms with van der Waals surface area (Å²) in [5, 5.41) is 13.7. The van der Waals surface area contributed by atoms with Gasteiger partial charge in [0.25, 0.3) is 0 Å². The maximum atomic E-state index is 12.5. The highest BCUT2D eigenvalue weighted by atomic mass is 16.5. The molecule has 1 aliphatic rings. The van der Waals surface area contributed by atoms with Crippen molar-refractivity contribution in [3.63, 3.8) is 0 Å². The molecule has 1 aromatic carbocycles. The second-order valence-electron chi connectivity index (χ2n) is 5.22. The summed E-state index contributed by atoms with van der Waals surface area (Å²) >= 11 is 0. The van der Waals surface area contributed by atoms with Crippen molar-refractivity contribution in [2.45, 2.75) is 18.9 Å². The van der Waals surface area contributed by atoms with Gasteiger partial charge in [-0.25, -0.2) is 0 Å². The zero-order valence-corrected chi connectivity index (χ0v) is 11.9. The van der Waals surface area contributed by atoms with E-state index in [9.17, 15) is 9.59 Å². The molecule has 1 atom stereocenters. The first kappa shape index (κ1) is 14.5. The Morgan fingerprint density at radius 2 is 2.18 bits per heavy atom. The molecule has 1 fully saturated rings. The monoisotopic (exact) mass is 304 g/mol. The number of hydrogen-bond donors (Lipinski definition) is 1. The largest absolute Gasteiger partial charge is 0.481 e. The number of nitrogens with zero attached hydrogens (tertiary/aromatic N) is 2. The zero-order valence-electron chi connectivity index (χ0n) is 11.9. The predicted octanol–water partition coefficient (Wildman–Crippen LogP) is 1.07. The van der Waals surface area contributed by atoms with Crippen molar-refractivity contribution in [2.75, 3.05) is 19.8 Å². The van der Waals surface area contributed by atoms with E-state index in [1.165, 1.54) is 0 Å². The van der Waals surface area contributed by atoms with Crippen molar-refractivity contribution in [1.29, 1.82) is 0 Å². The molecule has 1 aromatic heterocycles. The lowest BCUT2D eigenvalue weighted by Crippen LogP contribution is -2.50. The number of carboxylic acids is 1. The van der Waals surface area contributed by atoms with Gasteiger partial charge >= 0.3 is 5.97 Å². The number of carboxylic acid groups (broad SMARTS) is 1. The van der Waals surface area contributed by atoms with E-state index in [1.807, 2.05) is 18.2 Å². The second kappa shape index (κ2) is 6.15. The summed E-state index contributed by atoms with van der Waals surface area (Å²) < 4.78 is 10.5. The molecule has 0 unspecified atom stereocenters. The first-order valence-corrected chi connectivity index (χ1v) is 7.07. The number of aromatic nitrogens is 1. The average Bonchev–Trinajstić information content (AvgIpc) is 2.90. The number of hydrogen-bond acceptors (Lipinski definition) is 5. The molecule has 22 heavy (non-hydrogen) atoms. The molecule has 0 aliphatic carbocycles. The molecule has 0 saturated carbocycles. The Morgan fingerprint density at radius 1 is 1.36 bits per heavy atom. The molecular formula is C15H16N2O5. The number of fused-ring (bicyclic) bond motifs is 1. The molecule has 1 N–H and O–H groups in total. The number of carbonyl (C=O) groups excluding carboxylic acids is 1. The van der Waals surface area contributed by atoms with Gasteiger partial charge in [-0.2, -0.15) is 0 Å². The van der Waals surface area contributed by atoms with Crippen LogP contribution in [-0.2, 0) is 20.7 Å². The Balaban J connectivity index is 1.76. The Morgan fingerprint density at radius 3 is 3.00 bits per heavy atom. The number of para-hydroxylation sites is 1. The fraction of sp³-hybridized carbons (Fsp3) is 0.400. The summed E-state index contributed by atoms with van der Waals surface area (Å²) in [6.45, 7) is 1.06. The van der Waals surface area contributed by atoms with Gasteiger partial charge in [-0.05, 0) is 12.1 Å². The predicted molar refractivity (Wildman–Crippen MR) is 76.3 cm³/mol. The number of aliphatic carboxylic acids is 1. The van der Waals surface area contributed by atoms with Crippen molar-refractivity contribution >= 4 is 22.8 Å². The summed E-state index contributed by atoms with van der Waals surface area (Å²) in [6, 6.07) is 6.90. The maximum absolute atomic E-state index is 12.5. The van der Waals surface area contributed by atoms with E-state index in [0.29, 0.717) is 24.4 Å². The minimum atomic E-state index is -0.944. The van der Waals surface area contributed by atoms with Crippen LogP contribution in [-0.4, -0.2) is 52.8 Å². The third kappa shape index (κ3) is 2.94. The highest BCUT2D eigenvalue weighted by Crippen LogP contribution is 2.20. The molecular weight excluding hydrogens is 288 g/mol. The van der Waals surface area contributed by atoms with Crippen LogP contribution < -0.4 is 0 Å². The highest BCUT2D eigenvalue weighted by Gasteiger charge is 2.29. The molecule has 7 heteroatoms. The Hall–Kier alpha value is -2.41. The van der Waals surface area contributed by atoms with Crippen LogP contribution in [0.3, 0.4) is 0 Å². The van der Waals surface area contributed by atoms with E-state index < -0.39 is 12.0 Å². The van der Waals surface area contributed by atoms with Gasteiger partial charge in [0.15, 0.2) is 5.58 Å². The van der Waals surface area contributed by atoms with Gasteiger partial charge in [0, 0.05) is 11.9 Å². The Bertz CT molecular complexity index is 696. The third-order valence-corrected chi connectivity index (χ3v) is 3.73. The molecule has 0 spiro atoms. The van der Waals surface area contributed by atoms with Crippen LogP contribution in [0.4, 0.5) is 0 Å². The van der Waals surface area contributed by atoms with E-state index in [-0.39, 0.29) is 25.4 Å². The van der Waals surface area contributed by atoms with Crippen LogP contribution >= 0.6 is 0 Å². The second-order valence-corrected chi connectivity index (χ2v) is 5.22. The minimum Gasteiger partial charge on any atom is -0.481 e. The van der Waals surface area contributed by atoms with Gasteiger partial charge in [0.05, 0.1) is 32.1 Å². The number of ether oxygens (including phenoxy) is 1. The van der Waals surface area contributed by atoms with Crippen LogP contribution in [0.1, 0.15) is 12.1 Å². The number of benzene rings is 1. The van der Waals surface area contributed by atoms with Crippen LogP contribution in [0.25, 0.3) is 11.0 Å². The van der Waals surface area contributed by atoms with Crippen molar-refractivity contribution in [3.05, 3.63) is 30.0 Å². The summed E-state index contributed by atoms with van der Waals surface area (Å²) in [6.07, 6.45) is -0.0293. The van der Waals surface area contributed by atoms with Gasteiger partial charge < -0.3 is 19.3 Å². The maximum Gasteiger partial charge on any atom is 0.305 e. The normalized spacial score (nSPS) is 18.5. The zero-order chi connectivity index (χ0) is 15.5. The number of amides is 1. The lowest BCUT2D eigenvalue weighted by atomic mass is 10.1. The Kier molecular flexibility index (Phi) is 4.06. The molecule has 7 nitrogen and oxygen atoms in total. The molecule has 1 amide bonds. The van der Waals surface area contributed by atoms with Crippen molar-refractivity contribution < 1.29 is 24.0 Å². The summed E-state index contributed by atoms with van der Waals surface area (Å²) in [5.41, 5.74) is 1.20. The van der Waals surface area contributed by atoms with E-state index in [0.717, 1.165) is 5.39 Å². The standard InChI is InChI=1S/C15H16N2O5/c18-14(17-5-6-21-9-10(17)7-15(19)20)8-12-11-3-1-2-4-13(11)22-16-12/h1-4,10H,5-9H2,(H,19,20)/t10-/m0/s1. The molecule has 2 heterocycles. The lowest BCUT2D eigenvalue weighted by molar-refractivity contribution is -0.145. The van der Waals surface area contributed by atoms with E-state index in [4.69, 9.17) is 14.4 Å². The SMILES string of the molecule is O=C(O)C[C@H]1COCCN1C(=O)Cc1noc2ccccc12. The van der Waals surface area contributed by atoms with E-state index in [2.05, 4.69) is 5.16 Å². The minimum absolute atomic E-state index is 0.0904. The summed E-state index contributed by atoms with van der Waals surface area (Å²) in [5.74, 6) is -1.10. The molecule has 3 rings (SSSR count). The van der Waals surface area contributed by atoms with Gasteiger partial charge in [-0.15, -0.1) is 0 Å². The first-order valence-electron chi connectivity index (χ1n) is 7.07. The third-order valence-electron chi connectivity index (χ3n) is 3.73. The molecule has 1 saturated heterocycles. The smallest absolute Gasteiger partial charge is 0.305 e. The summed E-state index contributed by atoms with van der Waals surface area (Å²) in [7, 11) is 0. The highest BCUT2D eigenvalue weighted by molar-refractivity contribution is 5.86. The molecule has 2 aromatic rings. The van der Waals surface area contributed by atoms with Crippen LogP contribution in [0.5, 0.6) is 0 Å². The van der Waals surface area contributed by atoms with Gasteiger partial charge in [0.2, 0.25) is 5.91 Å².